The fourth-order valence-electron chi connectivity index (χ4n) is 2.96. The van der Waals surface area contributed by atoms with E-state index in [9.17, 15) is 9.59 Å². The van der Waals surface area contributed by atoms with Gasteiger partial charge in [-0.3, -0.25) is 19.7 Å². The molecule has 1 aliphatic rings. The quantitative estimate of drug-likeness (QED) is 0.620. The molecular weight excluding hydrogens is 310 g/mol. The van der Waals surface area contributed by atoms with Crippen molar-refractivity contribution in [1.82, 2.24) is 15.3 Å². The summed E-state index contributed by atoms with van der Waals surface area (Å²) in [5, 5.41) is 9.02. The molecule has 0 aliphatic carbocycles. The van der Waals surface area contributed by atoms with E-state index in [1.165, 1.54) is 0 Å². The Hall–Kier alpha value is -2.12. The third-order valence-electron chi connectivity index (χ3n) is 4.34. The average molecular weight is 335 g/mol. The van der Waals surface area contributed by atoms with Crippen molar-refractivity contribution < 1.29 is 19.5 Å². The molecule has 0 bridgehead atoms. The van der Waals surface area contributed by atoms with Crippen LogP contribution in [0.2, 0.25) is 0 Å². The topological polar surface area (TPSA) is 82.1 Å². The summed E-state index contributed by atoms with van der Waals surface area (Å²) in [5.41, 5.74) is 2.70. The van der Waals surface area contributed by atoms with E-state index in [1.54, 1.807) is 17.5 Å². The molecule has 1 aromatic carbocycles. The van der Waals surface area contributed by atoms with Crippen LogP contribution >= 0.6 is 0 Å². The molecule has 1 aliphatic heterocycles. The first-order valence-electron chi connectivity index (χ1n) is 8.06. The number of nitrogens with one attached hydrogen (secondary N) is 1. The van der Waals surface area contributed by atoms with Gasteiger partial charge in [-0.05, 0) is 31.5 Å². The van der Waals surface area contributed by atoms with Crippen molar-refractivity contribution in [3.05, 3.63) is 29.8 Å². The summed E-state index contributed by atoms with van der Waals surface area (Å²) in [7, 11) is 1.61. The molecule has 2 N–H and O–H groups in total. The zero-order chi connectivity index (χ0) is 17.7. The molecule has 0 spiro atoms. The number of nitrogens with zero attached hydrogens (tertiary/aromatic N) is 2. The Kier molecular flexibility index (Phi) is 6.16. The van der Waals surface area contributed by atoms with Crippen LogP contribution < -0.4 is 10.2 Å². The van der Waals surface area contributed by atoms with E-state index < -0.39 is 11.9 Å². The summed E-state index contributed by atoms with van der Waals surface area (Å²) in [5.74, 6) is 0.138. The highest BCUT2D eigenvalue weighted by molar-refractivity contribution is 5.88. The number of hydrogen-bond donors (Lipinski definition) is 2. The van der Waals surface area contributed by atoms with Gasteiger partial charge in [0.05, 0.1) is 13.5 Å². The van der Waals surface area contributed by atoms with Gasteiger partial charge >= 0.3 is 0 Å². The number of hydrogen-bond acceptors (Lipinski definition) is 5. The van der Waals surface area contributed by atoms with Gasteiger partial charge in [0.1, 0.15) is 11.8 Å². The lowest BCUT2D eigenvalue weighted by molar-refractivity contribution is -0.139. The van der Waals surface area contributed by atoms with E-state index in [0.29, 0.717) is 19.6 Å². The van der Waals surface area contributed by atoms with E-state index in [-0.39, 0.29) is 18.4 Å². The Balaban J connectivity index is 2.19. The third kappa shape index (κ3) is 4.24. The Morgan fingerprint density at radius 2 is 2.00 bits per heavy atom. The number of rotatable bonds is 5. The van der Waals surface area contributed by atoms with Gasteiger partial charge < -0.3 is 9.64 Å². The molecule has 132 valence electrons. The summed E-state index contributed by atoms with van der Waals surface area (Å²) in [6.07, 6.45) is 0.0563. The summed E-state index contributed by atoms with van der Waals surface area (Å²) >= 11 is 0. The van der Waals surface area contributed by atoms with Crippen LogP contribution in [0.15, 0.2) is 24.3 Å². The van der Waals surface area contributed by atoms with Crippen LogP contribution in [0.5, 0.6) is 5.75 Å². The Labute approximate surface area is 142 Å². The molecule has 1 aromatic rings. The van der Waals surface area contributed by atoms with Crippen LogP contribution in [0.1, 0.15) is 25.8 Å². The zero-order valence-corrected chi connectivity index (χ0v) is 14.4. The highest BCUT2D eigenvalue weighted by Gasteiger charge is 2.34. The predicted octanol–water partition coefficient (Wildman–Crippen LogP) is 1.01. The molecular formula is C17H25N3O4. The second-order valence-electron chi connectivity index (χ2n) is 6.20. The first kappa shape index (κ1) is 18.2. The molecule has 7 heteroatoms. The van der Waals surface area contributed by atoms with E-state index in [1.807, 2.05) is 43.0 Å². The van der Waals surface area contributed by atoms with E-state index >= 15 is 0 Å². The lowest BCUT2D eigenvalue weighted by Gasteiger charge is -2.27. The minimum atomic E-state index is -0.687. The van der Waals surface area contributed by atoms with Crippen LogP contribution in [0.3, 0.4) is 0 Å². The molecule has 0 aromatic heterocycles. The van der Waals surface area contributed by atoms with E-state index in [4.69, 9.17) is 9.94 Å². The summed E-state index contributed by atoms with van der Waals surface area (Å²) < 4.78 is 5.15. The van der Waals surface area contributed by atoms with Gasteiger partial charge in [-0.15, -0.1) is 0 Å². The smallest absolute Gasteiger partial charge is 0.261 e. The molecule has 2 rings (SSSR count). The second-order valence-corrected chi connectivity index (χ2v) is 6.20. The minimum Gasteiger partial charge on any atom is -0.497 e. The number of ether oxygens (including phenoxy) is 1. The molecule has 7 nitrogen and oxygen atoms in total. The average Bonchev–Trinajstić information content (AvgIpc) is 2.74. The standard InChI is InChI=1S/C17H25N3O4/c1-12(2)20-9-8-19(15(10-16(20)21)17(22)18-23)11-13-4-6-14(24-3)7-5-13/h4-7,12,15,23H,8-11H2,1-3H3,(H,18,22). The molecule has 2 amide bonds. The van der Waals surface area contributed by atoms with Crippen molar-refractivity contribution in [3.8, 4) is 5.75 Å². The van der Waals surface area contributed by atoms with Crippen LogP contribution in [0.25, 0.3) is 0 Å². The maximum absolute atomic E-state index is 12.4. The second kappa shape index (κ2) is 8.12. The first-order chi connectivity index (χ1) is 11.5. The van der Waals surface area contributed by atoms with Gasteiger partial charge in [0.25, 0.3) is 5.91 Å². The van der Waals surface area contributed by atoms with Gasteiger partial charge in [0.15, 0.2) is 0 Å². The van der Waals surface area contributed by atoms with E-state index in [0.717, 1.165) is 11.3 Å². The highest BCUT2D eigenvalue weighted by atomic mass is 16.5. The number of carbonyl (C=O) groups excluding carboxylic acids is 2. The van der Waals surface area contributed by atoms with Crippen LogP contribution in [-0.4, -0.2) is 59.1 Å². The molecule has 1 atom stereocenters. The highest BCUT2D eigenvalue weighted by Crippen LogP contribution is 2.19. The SMILES string of the molecule is COc1ccc(CN2CCN(C(C)C)C(=O)CC2C(=O)NO)cc1. The number of carbonyl (C=O) groups is 2. The van der Waals surface area contributed by atoms with Crippen LogP contribution in [0.4, 0.5) is 0 Å². The molecule has 1 heterocycles. The molecule has 24 heavy (non-hydrogen) atoms. The minimum absolute atomic E-state index is 0.0563. The molecule has 1 fully saturated rings. The number of methoxy groups -OCH3 is 1. The van der Waals surface area contributed by atoms with Crippen molar-refractivity contribution in [2.75, 3.05) is 20.2 Å². The third-order valence-corrected chi connectivity index (χ3v) is 4.34. The Morgan fingerprint density at radius 3 is 2.54 bits per heavy atom. The van der Waals surface area contributed by atoms with Crippen molar-refractivity contribution in [2.45, 2.75) is 38.9 Å². The maximum atomic E-state index is 12.4. The van der Waals surface area contributed by atoms with Crippen molar-refractivity contribution in [2.24, 2.45) is 0 Å². The molecule has 1 unspecified atom stereocenters. The Morgan fingerprint density at radius 1 is 1.33 bits per heavy atom. The van der Waals surface area contributed by atoms with Crippen molar-refractivity contribution >= 4 is 11.8 Å². The van der Waals surface area contributed by atoms with Crippen LogP contribution in [-0.2, 0) is 16.1 Å². The van der Waals surface area contributed by atoms with Gasteiger partial charge in [-0.1, -0.05) is 12.1 Å². The predicted molar refractivity (Wildman–Crippen MR) is 88.6 cm³/mol. The summed E-state index contributed by atoms with van der Waals surface area (Å²) in [6, 6.07) is 6.98. The van der Waals surface area contributed by atoms with E-state index in [2.05, 4.69) is 0 Å². The molecule has 0 saturated carbocycles. The van der Waals surface area contributed by atoms with Crippen molar-refractivity contribution in [1.29, 1.82) is 0 Å². The Bertz CT molecular complexity index is 574. The number of hydroxylamine groups is 1. The normalized spacial score (nSPS) is 19.3. The fraction of sp³-hybridized carbons (Fsp3) is 0.529. The summed E-state index contributed by atoms with van der Waals surface area (Å²) in [6.45, 7) is 5.55. The van der Waals surface area contributed by atoms with Crippen LogP contribution in [0, 0.1) is 0 Å². The lowest BCUT2D eigenvalue weighted by atomic mass is 10.1. The fourth-order valence-corrected chi connectivity index (χ4v) is 2.96. The lowest BCUT2D eigenvalue weighted by Crippen LogP contribution is -2.46. The molecule has 0 radical (unpaired) electrons. The number of benzene rings is 1. The van der Waals surface area contributed by atoms with Gasteiger partial charge in [-0.2, -0.15) is 0 Å². The van der Waals surface area contributed by atoms with Gasteiger partial charge in [-0.25, -0.2) is 5.48 Å². The maximum Gasteiger partial charge on any atom is 0.261 e. The monoisotopic (exact) mass is 335 g/mol. The number of amides is 2. The first-order valence-corrected chi connectivity index (χ1v) is 8.06. The van der Waals surface area contributed by atoms with Crippen molar-refractivity contribution in [3.63, 3.8) is 0 Å². The van der Waals surface area contributed by atoms with Gasteiger partial charge in [0.2, 0.25) is 5.91 Å². The van der Waals surface area contributed by atoms with Gasteiger partial charge in [0, 0.05) is 25.7 Å². The largest absolute Gasteiger partial charge is 0.497 e. The summed E-state index contributed by atoms with van der Waals surface area (Å²) in [4.78, 5) is 28.1. The zero-order valence-electron chi connectivity index (χ0n) is 14.4. The molecule has 1 saturated heterocycles.